The van der Waals surface area contributed by atoms with Crippen LogP contribution >= 0.6 is 0 Å². The van der Waals surface area contributed by atoms with E-state index >= 15 is 0 Å². The molecule has 0 fully saturated rings. The maximum Gasteiger partial charge on any atom is 0.251 e. The summed E-state index contributed by atoms with van der Waals surface area (Å²) in [5.74, 6) is 0.970. The highest BCUT2D eigenvalue weighted by atomic mass is 16.1. The summed E-state index contributed by atoms with van der Waals surface area (Å²) in [4.78, 5) is 12.2. The number of amides is 1. The molecule has 0 bridgehead atoms. The molecule has 28 heavy (non-hydrogen) atoms. The Kier molecular flexibility index (Phi) is 5.44. The van der Waals surface area contributed by atoms with Gasteiger partial charge in [-0.25, -0.2) is 0 Å². The third-order valence-electron chi connectivity index (χ3n) is 6.75. The van der Waals surface area contributed by atoms with E-state index in [4.69, 9.17) is 0 Å². The molecule has 2 unspecified atom stereocenters. The van der Waals surface area contributed by atoms with E-state index in [0.717, 1.165) is 18.4 Å². The second kappa shape index (κ2) is 7.39. The third-order valence-corrected chi connectivity index (χ3v) is 6.75. The van der Waals surface area contributed by atoms with Gasteiger partial charge in [-0.3, -0.25) is 4.79 Å². The van der Waals surface area contributed by atoms with E-state index in [-0.39, 0.29) is 16.7 Å². The van der Waals surface area contributed by atoms with Gasteiger partial charge in [0.15, 0.2) is 0 Å². The quantitative estimate of drug-likeness (QED) is 0.486. The van der Waals surface area contributed by atoms with Crippen LogP contribution in [0.4, 0.5) is 0 Å². The summed E-state index contributed by atoms with van der Waals surface area (Å²) >= 11 is 0. The van der Waals surface area contributed by atoms with E-state index in [0.29, 0.717) is 24.0 Å². The van der Waals surface area contributed by atoms with Gasteiger partial charge in [-0.2, -0.15) is 0 Å². The van der Waals surface area contributed by atoms with Gasteiger partial charge < -0.3 is 5.32 Å². The molecule has 3 rings (SSSR count). The van der Waals surface area contributed by atoms with E-state index < -0.39 is 0 Å². The lowest BCUT2D eigenvalue weighted by molar-refractivity contribution is -0.115. The highest BCUT2D eigenvalue weighted by Crippen LogP contribution is 2.54. The van der Waals surface area contributed by atoms with Crippen molar-refractivity contribution in [3.8, 4) is 0 Å². The monoisotopic (exact) mass is 377 g/mol. The van der Waals surface area contributed by atoms with Crippen molar-refractivity contribution in [2.24, 2.45) is 16.7 Å². The van der Waals surface area contributed by atoms with Crippen molar-refractivity contribution in [3.63, 3.8) is 0 Å². The molecule has 1 N–H and O–H groups in total. The largest absolute Gasteiger partial charge is 0.352 e. The van der Waals surface area contributed by atoms with Crippen LogP contribution in [0.25, 0.3) is 5.57 Å². The topological polar surface area (TPSA) is 29.1 Å². The summed E-state index contributed by atoms with van der Waals surface area (Å²) in [5.41, 5.74) is 6.31. The summed E-state index contributed by atoms with van der Waals surface area (Å²) < 4.78 is 0. The number of likely N-dealkylation sites (N-methyl/N-ethyl adjacent to an activating group) is 1. The van der Waals surface area contributed by atoms with Crippen molar-refractivity contribution in [3.05, 3.63) is 65.3 Å². The molecule has 2 heteroatoms. The first-order valence-electron chi connectivity index (χ1n) is 10.6. The van der Waals surface area contributed by atoms with E-state index in [1.54, 1.807) is 11.1 Å². The number of nitrogens with one attached hydrogen (secondary N) is 1. The van der Waals surface area contributed by atoms with E-state index in [1.165, 1.54) is 5.56 Å². The fraction of sp³-hybridized carbons (Fsp3) is 0.500. The first-order chi connectivity index (χ1) is 13.1. The molecule has 150 valence electrons. The Morgan fingerprint density at radius 3 is 2.32 bits per heavy atom. The van der Waals surface area contributed by atoms with Gasteiger partial charge in [0.2, 0.25) is 0 Å². The minimum atomic E-state index is -0.0818. The molecule has 2 aliphatic rings. The zero-order valence-electron chi connectivity index (χ0n) is 18.4. The molecule has 0 radical (unpaired) electrons. The molecule has 1 amide bonds. The van der Waals surface area contributed by atoms with Crippen LogP contribution in [-0.4, -0.2) is 12.5 Å². The lowest BCUT2D eigenvalue weighted by Gasteiger charge is -2.46. The van der Waals surface area contributed by atoms with Crippen molar-refractivity contribution in [1.82, 2.24) is 5.32 Å². The van der Waals surface area contributed by atoms with Crippen molar-refractivity contribution in [2.45, 2.75) is 60.3 Å². The maximum absolute atomic E-state index is 12.2. The number of hydrogen-bond donors (Lipinski definition) is 1. The van der Waals surface area contributed by atoms with Gasteiger partial charge in [-0.1, -0.05) is 88.8 Å². The fourth-order valence-corrected chi connectivity index (χ4v) is 4.86. The number of hydrogen-bond acceptors (Lipinski definition) is 1. The third kappa shape index (κ3) is 3.74. The Hall–Kier alpha value is -2.09. The van der Waals surface area contributed by atoms with Gasteiger partial charge in [-0.15, -0.1) is 0 Å². The number of carbonyl (C=O) groups is 1. The fourth-order valence-electron chi connectivity index (χ4n) is 4.86. The summed E-state index contributed by atoms with van der Waals surface area (Å²) in [6, 6.07) is 8.47. The standard InChI is InChI=1S/C26H35NO/c1-8-27-24(28)18(3)19-10-9-11-20(15-19)21-16-23-22(14-17(21)2)25(4,5)12-13-26(23,6)7/h9-13,15,17,21H,3,8,14,16H2,1-2,4-7H3,(H,27,28). The van der Waals surface area contributed by atoms with Crippen molar-refractivity contribution in [1.29, 1.82) is 0 Å². The highest BCUT2D eigenvalue weighted by molar-refractivity contribution is 6.18. The average molecular weight is 378 g/mol. The Balaban J connectivity index is 1.94. The molecule has 2 atom stereocenters. The number of benzene rings is 1. The van der Waals surface area contributed by atoms with Crippen LogP contribution in [0.5, 0.6) is 0 Å². The first kappa shape index (κ1) is 20.6. The minimum absolute atomic E-state index is 0.0818. The molecule has 1 aromatic rings. The predicted octanol–water partition coefficient (Wildman–Crippen LogP) is 6.27. The molecule has 2 aliphatic carbocycles. The van der Waals surface area contributed by atoms with Crippen LogP contribution < -0.4 is 5.32 Å². The van der Waals surface area contributed by atoms with E-state index in [2.05, 4.69) is 76.9 Å². The molecule has 0 aliphatic heterocycles. The predicted molar refractivity (Wildman–Crippen MR) is 119 cm³/mol. The van der Waals surface area contributed by atoms with Gasteiger partial charge in [0.1, 0.15) is 0 Å². The van der Waals surface area contributed by atoms with E-state index in [9.17, 15) is 4.79 Å². The average Bonchev–Trinajstić information content (AvgIpc) is 2.65. The summed E-state index contributed by atoms with van der Waals surface area (Å²) in [5, 5.41) is 2.86. The molecule has 0 saturated heterocycles. The van der Waals surface area contributed by atoms with Crippen LogP contribution in [0.3, 0.4) is 0 Å². The molecule has 0 spiro atoms. The normalized spacial score (nSPS) is 25.2. The van der Waals surface area contributed by atoms with Crippen molar-refractivity contribution in [2.75, 3.05) is 6.54 Å². The molecule has 2 nitrogen and oxygen atoms in total. The lowest BCUT2D eigenvalue weighted by atomic mass is 9.59. The van der Waals surface area contributed by atoms with Crippen LogP contribution in [-0.2, 0) is 4.79 Å². The van der Waals surface area contributed by atoms with Gasteiger partial charge >= 0.3 is 0 Å². The van der Waals surface area contributed by atoms with Crippen molar-refractivity contribution < 1.29 is 4.79 Å². The van der Waals surface area contributed by atoms with Gasteiger partial charge in [0.05, 0.1) is 0 Å². The molecular formula is C26H35NO. The van der Waals surface area contributed by atoms with Crippen LogP contribution in [0.15, 0.2) is 54.1 Å². The first-order valence-corrected chi connectivity index (χ1v) is 10.6. The molecule has 0 aromatic heterocycles. The van der Waals surface area contributed by atoms with Gasteiger partial charge in [-0.05, 0) is 42.7 Å². The van der Waals surface area contributed by atoms with Gasteiger partial charge in [0.25, 0.3) is 5.91 Å². The highest BCUT2D eigenvalue weighted by Gasteiger charge is 2.41. The maximum atomic E-state index is 12.2. The molecule has 1 aromatic carbocycles. The smallest absolute Gasteiger partial charge is 0.251 e. The second-order valence-electron chi connectivity index (χ2n) is 9.69. The van der Waals surface area contributed by atoms with E-state index in [1.807, 2.05) is 13.0 Å². The Morgan fingerprint density at radius 2 is 1.71 bits per heavy atom. The summed E-state index contributed by atoms with van der Waals surface area (Å²) in [6.07, 6.45) is 7.03. The number of carbonyl (C=O) groups excluding carboxylic acids is 1. The number of allylic oxidation sites excluding steroid dienone is 4. The van der Waals surface area contributed by atoms with Crippen LogP contribution in [0.2, 0.25) is 0 Å². The van der Waals surface area contributed by atoms with Crippen LogP contribution in [0, 0.1) is 16.7 Å². The molecule has 0 heterocycles. The molecular weight excluding hydrogens is 342 g/mol. The number of rotatable bonds is 4. The lowest BCUT2D eigenvalue weighted by Crippen LogP contribution is -2.33. The zero-order chi connectivity index (χ0) is 20.7. The Morgan fingerprint density at radius 1 is 1.11 bits per heavy atom. The minimum Gasteiger partial charge on any atom is -0.352 e. The molecule has 0 saturated carbocycles. The Labute approximate surface area is 170 Å². The SMILES string of the molecule is C=C(C(=O)NCC)c1cccc(C2CC3=C(CC2C)C(C)(C)C=CC3(C)C)c1. The summed E-state index contributed by atoms with van der Waals surface area (Å²) in [6.45, 7) is 18.3. The van der Waals surface area contributed by atoms with Crippen molar-refractivity contribution >= 4 is 11.5 Å². The zero-order valence-corrected chi connectivity index (χ0v) is 18.4. The van der Waals surface area contributed by atoms with Crippen LogP contribution in [0.1, 0.15) is 71.4 Å². The Bertz CT molecular complexity index is 853. The second-order valence-corrected chi connectivity index (χ2v) is 9.69. The summed E-state index contributed by atoms with van der Waals surface area (Å²) in [7, 11) is 0. The van der Waals surface area contributed by atoms with Gasteiger partial charge in [0, 0.05) is 22.9 Å².